The van der Waals surface area contributed by atoms with Crippen molar-refractivity contribution in [2.24, 2.45) is 11.7 Å². The van der Waals surface area contributed by atoms with Gasteiger partial charge in [0.25, 0.3) is 0 Å². The van der Waals surface area contributed by atoms with Crippen LogP contribution in [0.15, 0.2) is 152 Å². The molecular formula is C62H90N6O14Si2. The zero-order valence-electron chi connectivity index (χ0n) is 49.7. The molecule has 9 N–H and O–H groups in total. The second-order valence-corrected chi connectivity index (χ2v) is 25.2. The van der Waals surface area contributed by atoms with Crippen LogP contribution in [0.2, 0.25) is 12.1 Å². The third kappa shape index (κ3) is 19.5. The van der Waals surface area contributed by atoms with Gasteiger partial charge in [0, 0.05) is 90.2 Å². The number of rotatable bonds is 30. The van der Waals surface area contributed by atoms with Gasteiger partial charge in [-0.05, 0) is 82.2 Å². The standard InChI is InChI=1S/C35H46N2O8Si.C27H40N2O6Si.H4N2/c1-4-42-46(43-5-2,44-6-3)24-16-23-36-33(38)45-31-25-32(37(26-31)34(39)41-27-28-17-10-7-11-18-28)35(40,29-19-12-8-13-20-29)30-21-14-9-15-22-30;1-4-32-36(33-5-2,34-6-3)19-13-18-28-26(30)35-24-20-25(29-21-24)27(31,22-14-9-7-10-15-22)23-16-11-8-12-17-23;1-2/h7-15,17-22,31-32,40H,4-6,16,23-27H2,1-3H3,(H,36,38);7-12,14-17,24-25,29,31H,4-6,13,18-21H2,1-3H3,(H,28,30);1-2H2/t31-,32+;24-,25+;/m11./s1. The predicted octanol–water partition coefficient (Wildman–Crippen LogP) is 8.50. The quantitative estimate of drug-likeness (QED) is 0.00747. The number of alkyl carbamates (subject to hydrolysis) is 2. The van der Waals surface area contributed by atoms with E-state index in [0.29, 0.717) is 102 Å². The number of aliphatic hydroxyl groups is 2. The molecule has 460 valence electrons. The molecule has 2 heterocycles. The van der Waals surface area contributed by atoms with E-state index in [0.717, 1.165) is 16.7 Å². The van der Waals surface area contributed by atoms with E-state index in [1.807, 2.05) is 193 Å². The van der Waals surface area contributed by atoms with Crippen molar-refractivity contribution >= 4 is 35.9 Å². The first-order chi connectivity index (χ1) is 40.8. The van der Waals surface area contributed by atoms with Crippen LogP contribution in [0.4, 0.5) is 14.4 Å². The van der Waals surface area contributed by atoms with Crippen molar-refractivity contribution in [3.05, 3.63) is 179 Å². The van der Waals surface area contributed by atoms with Gasteiger partial charge in [0.2, 0.25) is 0 Å². The van der Waals surface area contributed by atoms with Crippen LogP contribution in [-0.4, -0.2) is 141 Å². The van der Waals surface area contributed by atoms with Gasteiger partial charge in [0.15, 0.2) is 0 Å². The molecular weight excluding hydrogens is 1110 g/mol. The van der Waals surface area contributed by atoms with Crippen LogP contribution in [0.25, 0.3) is 0 Å². The molecule has 2 saturated heterocycles. The minimum atomic E-state index is -2.83. The highest BCUT2D eigenvalue weighted by Gasteiger charge is 2.52. The number of benzene rings is 5. The third-order valence-corrected chi connectivity index (χ3v) is 20.5. The van der Waals surface area contributed by atoms with E-state index < -0.39 is 59.2 Å². The fraction of sp³-hybridized carbons (Fsp3) is 0.468. The fourth-order valence-corrected chi connectivity index (χ4v) is 15.9. The average molecular weight is 1200 g/mol. The molecule has 4 atom stereocenters. The molecule has 84 heavy (non-hydrogen) atoms. The topological polar surface area (TPSA) is 266 Å². The molecule has 0 bridgehead atoms. The highest BCUT2D eigenvalue weighted by Crippen LogP contribution is 2.42. The van der Waals surface area contributed by atoms with Gasteiger partial charge in [-0.15, -0.1) is 0 Å². The molecule has 0 radical (unpaired) electrons. The zero-order chi connectivity index (χ0) is 60.7. The summed E-state index contributed by atoms with van der Waals surface area (Å²) in [5.74, 6) is 8.00. The van der Waals surface area contributed by atoms with Gasteiger partial charge < -0.3 is 66.9 Å². The molecule has 0 saturated carbocycles. The van der Waals surface area contributed by atoms with Crippen molar-refractivity contribution in [3.8, 4) is 0 Å². The first-order valence-corrected chi connectivity index (χ1v) is 33.1. The van der Waals surface area contributed by atoms with Gasteiger partial charge in [-0.2, -0.15) is 0 Å². The van der Waals surface area contributed by atoms with Crippen molar-refractivity contribution in [2.75, 3.05) is 65.8 Å². The Hall–Kier alpha value is -6.10. The Morgan fingerprint density at radius 3 is 1.27 bits per heavy atom. The predicted molar refractivity (Wildman–Crippen MR) is 325 cm³/mol. The number of hydrazine groups is 1. The van der Waals surface area contributed by atoms with Crippen LogP contribution in [0.3, 0.4) is 0 Å². The number of likely N-dealkylation sites (tertiary alicyclic amines) is 1. The second-order valence-electron chi connectivity index (χ2n) is 19.7. The smallest absolute Gasteiger partial charge is 0.445 e. The van der Waals surface area contributed by atoms with Crippen molar-refractivity contribution in [3.63, 3.8) is 0 Å². The first kappa shape index (κ1) is 68.7. The highest BCUT2D eigenvalue weighted by atomic mass is 28.4. The largest absolute Gasteiger partial charge is 0.500 e. The van der Waals surface area contributed by atoms with Crippen LogP contribution in [0.5, 0.6) is 0 Å². The maximum atomic E-state index is 13.6. The van der Waals surface area contributed by atoms with Gasteiger partial charge in [-0.25, -0.2) is 14.4 Å². The van der Waals surface area contributed by atoms with E-state index in [1.54, 1.807) is 0 Å². The summed E-state index contributed by atoms with van der Waals surface area (Å²) >= 11 is 0. The Labute approximate surface area is 498 Å². The lowest BCUT2D eigenvalue weighted by atomic mass is 9.79. The summed E-state index contributed by atoms with van der Waals surface area (Å²) in [6.07, 6.45) is -0.788. The van der Waals surface area contributed by atoms with E-state index in [-0.39, 0.29) is 31.7 Å². The SMILES string of the molecule is CCO[Si](CCCNC(=O)O[C@@H]1C[C@@H](C(O)(c2ccccc2)c2ccccc2)N(C(=O)OCc2ccccc2)C1)(OCC)OCC.CCO[Si](CCCNC(=O)O[C@H]1CN[C@H](C(O)(c2ccccc2)c2ccccc2)C1)(OCC)OCC.NN. The molecule has 0 aromatic heterocycles. The lowest BCUT2D eigenvalue weighted by molar-refractivity contribution is -0.00704. The van der Waals surface area contributed by atoms with Gasteiger partial charge in [0.1, 0.15) is 30.0 Å². The molecule has 2 aliphatic heterocycles. The van der Waals surface area contributed by atoms with Crippen LogP contribution in [0.1, 0.15) is 95.0 Å². The first-order valence-electron chi connectivity index (χ1n) is 29.3. The number of ether oxygens (including phenoxy) is 3. The molecule has 22 heteroatoms. The maximum Gasteiger partial charge on any atom is 0.500 e. The molecule has 3 amide bonds. The van der Waals surface area contributed by atoms with E-state index in [2.05, 4.69) is 27.6 Å². The molecule has 0 aliphatic carbocycles. The van der Waals surface area contributed by atoms with Crippen LogP contribution in [-0.2, 0) is 58.6 Å². The number of nitrogens with one attached hydrogen (secondary N) is 3. The van der Waals surface area contributed by atoms with E-state index in [4.69, 9.17) is 40.8 Å². The Bertz CT molecular complexity index is 2510. The monoisotopic (exact) mass is 1200 g/mol. The number of hydrogen-bond donors (Lipinski definition) is 7. The second kappa shape index (κ2) is 36.0. The van der Waals surface area contributed by atoms with Crippen LogP contribution in [0, 0.1) is 0 Å². The van der Waals surface area contributed by atoms with Gasteiger partial charge in [-0.1, -0.05) is 152 Å². The Morgan fingerprint density at radius 2 is 0.893 bits per heavy atom. The van der Waals surface area contributed by atoms with Crippen molar-refractivity contribution < 1.29 is 65.4 Å². The summed E-state index contributed by atoms with van der Waals surface area (Å²) in [4.78, 5) is 40.6. The molecule has 0 spiro atoms. The number of carbonyl (C=O) groups excluding carboxylic acids is 3. The lowest BCUT2D eigenvalue weighted by Crippen LogP contribution is -2.50. The van der Waals surface area contributed by atoms with Gasteiger partial charge >= 0.3 is 35.9 Å². The fourth-order valence-electron chi connectivity index (χ4n) is 10.7. The lowest BCUT2D eigenvalue weighted by Gasteiger charge is -2.39. The number of nitrogens with two attached hydrogens (primary N) is 2. The molecule has 2 aliphatic rings. The van der Waals surface area contributed by atoms with E-state index in [1.165, 1.54) is 4.90 Å². The number of hydrogen-bond acceptors (Lipinski definition) is 17. The minimum absolute atomic E-state index is 0.0583. The normalized spacial score (nSPS) is 17.0. The van der Waals surface area contributed by atoms with Crippen molar-refractivity contribution in [1.82, 2.24) is 20.9 Å². The third-order valence-electron chi connectivity index (χ3n) is 14.2. The molecule has 5 aromatic rings. The number of nitrogens with zero attached hydrogens (tertiary/aromatic N) is 1. The summed E-state index contributed by atoms with van der Waals surface area (Å²) < 4.78 is 52.5. The Balaban J connectivity index is 0.000000307. The van der Waals surface area contributed by atoms with Gasteiger partial charge in [0.05, 0.1) is 12.6 Å². The Morgan fingerprint density at radius 1 is 0.536 bits per heavy atom. The van der Waals surface area contributed by atoms with E-state index >= 15 is 0 Å². The van der Waals surface area contributed by atoms with Crippen molar-refractivity contribution in [1.29, 1.82) is 0 Å². The summed E-state index contributed by atoms with van der Waals surface area (Å²) in [7, 11) is -5.56. The van der Waals surface area contributed by atoms with Crippen LogP contribution >= 0.6 is 0 Å². The van der Waals surface area contributed by atoms with Crippen molar-refractivity contribution in [2.45, 2.75) is 121 Å². The van der Waals surface area contributed by atoms with E-state index in [9.17, 15) is 24.6 Å². The van der Waals surface area contributed by atoms with Crippen LogP contribution < -0.4 is 27.6 Å². The highest BCUT2D eigenvalue weighted by molar-refractivity contribution is 6.61. The summed E-state index contributed by atoms with van der Waals surface area (Å²) in [6, 6.07) is 47.1. The number of carbonyl (C=O) groups is 3. The Kier molecular flexibility index (Phi) is 29.5. The summed E-state index contributed by atoms with van der Waals surface area (Å²) in [5.41, 5.74) is 0.807. The summed E-state index contributed by atoms with van der Waals surface area (Å²) in [6.45, 7) is 15.9. The molecule has 7 rings (SSSR count). The minimum Gasteiger partial charge on any atom is -0.445 e. The zero-order valence-corrected chi connectivity index (χ0v) is 51.7. The average Bonchev–Trinajstić information content (AvgIpc) is 4.27. The number of amides is 3. The molecule has 2 fully saturated rings. The summed E-state index contributed by atoms with van der Waals surface area (Å²) in [5, 5.41) is 33.5. The van der Waals surface area contributed by atoms with Gasteiger partial charge in [-0.3, -0.25) is 16.6 Å². The molecule has 0 unspecified atom stereocenters. The molecule has 20 nitrogen and oxygen atoms in total. The maximum absolute atomic E-state index is 13.6. The molecule has 5 aromatic carbocycles.